The van der Waals surface area contributed by atoms with Crippen molar-refractivity contribution >= 4 is 40.2 Å². The lowest BCUT2D eigenvalue weighted by Crippen LogP contribution is -2.31. The summed E-state index contributed by atoms with van der Waals surface area (Å²) >= 11 is 6.86. The lowest BCUT2D eigenvalue weighted by Gasteiger charge is -2.30. The van der Waals surface area contributed by atoms with Crippen LogP contribution in [0.25, 0.3) is 0 Å². The number of thiocarbonyl (C=S) groups is 1. The number of Topliss-reactive ketones (excluding diaryl/α,β-unsaturated/α-hetero) is 1. The van der Waals surface area contributed by atoms with Gasteiger partial charge in [-0.15, -0.1) is 11.3 Å². The number of fused-ring (bicyclic) bond motifs is 1. The molecule has 2 heterocycles. The number of ketones is 1. The molecule has 0 saturated heterocycles. The third-order valence-corrected chi connectivity index (χ3v) is 6.18. The molecular weight excluding hydrogens is 396 g/mol. The molecule has 0 saturated carbocycles. The molecule has 0 fully saturated rings. The van der Waals surface area contributed by atoms with Crippen molar-refractivity contribution in [2.45, 2.75) is 45.3 Å². The fourth-order valence-electron chi connectivity index (χ4n) is 3.30. The third kappa shape index (κ3) is 4.48. The third-order valence-electron chi connectivity index (χ3n) is 4.68. The number of ether oxygens (including phenoxy) is 2. The number of carboxylic acid groups (broad SMARTS) is 1. The van der Waals surface area contributed by atoms with Crippen LogP contribution >= 0.6 is 23.6 Å². The summed E-state index contributed by atoms with van der Waals surface area (Å²) in [6.45, 7) is 4.31. The Morgan fingerprint density at radius 1 is 1.36 bits per heavy atom. The van der Waals surface area contributed by atoms with E-state index >= 15 is 0 Å². The second kappa shape index (κ2) is 8.11. The van der Waals surface area contributed by atoms with E-state index in [9.17, 15) is 14.7 Å². The Balaban J connectivity index is 1.78. The lowest BCUT2D eigenvalue weighted by atomic mass is 9.92. The molecule has 0 unspecified atom stereocenters. The van der Waals surface area contributed by atoms with E-state index in [1.165, 1.54) is 11.3 Å². The molecule has 0 atom stereocenters. The van der Waals surface area contributed by atoms with Crippen LogP contribution in [-0.2, 0) is 24.2 Å². The molecule has 3 rings (SSSR count). The van der Waals surface area contributed by atoms with Gasteiger partial charge in [-0.1, -0.05) is 24.4 Å². The van der Waals surface area contributed by atoms with E-state index in [0.717, 1.165) is 10.4 Å². The molecule has 0 aliphatic carbocycles. The van der Waals surface area contributed by atoms with Gasteiger partial charge >= 0.3 is 5.97 Å². The zero-order chi connectivity index (χ0) is 20.5. The van der Waals surface area contributed by atoms with Gasteiger partial charge in [0.15, 0.2) is 5.78 Å². The molecule has 1 aromatic heterocycles. The Hall–Kier alpha value is -2.09. The number of thiophene rings is 1. The minimum atomic E-state index is -0.952. The average molecular weight is 419 g/mol. The number of carboxylic acids is 1. The predicted octanol–water partition coefficient (Wildman–Crippen LogP) is 4.49. The van der Waals surface area contributed by atoms with E-state index in [0.29, 0.717) is 46.1 Å². The van der Waals surface area contributed by atoms with Crippen LogP contribution < -0.4 is 4.74 Å². The Morgan fingerprint density at radius 3 is 2.79 bits per heavy atom. The molecule has 1 aliphatic heterocycles. The van der Waals surface area contributed by atoms with Gasteiger partial charge in [-0.05, 0) is 31.5 Å². The minimum Gasteiger partial charge on any atom is -0.497 e. The van der Waals surface area contributed by atoms with Crippen molar-refractivity contribution in [3.8, 4) is 5.75 Å². The summed E-state index contributed by atoms with van der Waals surface area (Å²) < 4.78 is 11.0. The van der Waals surface area contributed by atoms with Gasteiger partial charge in [-0.2, -0.15) is 0 Å². The first-order valence-corrected chi connectivity index (χ1v) is 10.1. The first-order valence-electron chi connectivity index (χ1n) is 8.90. The van der Waals surface area contributed by atoms with Crippen LogP contribution in [0.5, 0.6) is 5.75 Å². The number of methoxy groups -OCH3 is 1. The van der Waals surface area contributed by atoms with Crippen LogP contribution in [0.15, 0.2) is 24.3 Å². The summed E-state index contributed by atoms with van der Waals surface area (Å²) in [5, 5.41) is 9.75. The molecule has 0 spiro atoms. The SMILES string of the molecule is COc1cccc(C(=O)CC(=S)Cc2sc3c(c2C(=O)O)CC(C)(C)OC3)c1. The molecule has 1 aromatic carbocycles. The quantitative estimate of drug-likeness (QED) is 0.528. The molecule has 1 N–H and O–H groups in total. The fraction of sp³-hybridized carbons (Fsp3) is 0.381. The summed E-state index contributed by atoms with van der Waals surface area (Å²) in [4.78, 5) is 26.6. The standard InChI is InChI=1S/C21H22O5S2/c1-21(2)10-15-18(11-26-21)28-17(19(15)20(23)24)9-14(27)8-16(22)12-5-4-6-13(7-12)25-3/h4-7H,8-11H2,1-3H3,(H,23,24). The summed E-state index contributed by atoms with van der Waals surface area (Å²) in [6, 6.07) is 6.93. The van der Waals surface area contributed by atoms with Crippen LogP contribution in [0.3, 0.4) is 0 Å². The zero-order valence-corrected chi connectivity index (χ0v) is 17.7. The molecular formula is C21H22O5S2. The van der Waals surface area contributed by atoms with Crippen LogP contribution in [-0.4, -0.2) is 34.4 Å². The van der Waals surface area contributed by atoms with Crippen LogP contribution in [0.1, 0.15) is 56.3 Å². The van der Waals surface area contributed by atoms with E-state index in [1.807, 2.05) is 13.8 Å². The number of benzene rings is 1. The van der Waals surface area contributed by atoms with Crippen molar-refractivity contribution < 1.29 is 24.2 Å². The van der Waals surface area contributed by atoms with Gasteiger partial charge in [-0.25, -0.2) is 4.79 Å². The fourth-order valence-corrected chi connectivity index (χ4v) is 4.94. The molecule has 5 nitrogen and oxygen atoms in total. The highest BCUT2D eigenvalue weighted by Gasteiger charge is 2.33. The van der Waals surface area contributed by atoms with Crippen LogP contribution in [0.2, 0.25) is 0 Å². The highest BCUT2D eigenvalue weighted by molar-refractivity contribution is 7.80. The van der Waals surface area contributed by atoms with Crippen LogP contribution in [0, 0.1) is 0 Å². The highest BCUT2D eigenvalue weighted by atomic mass is 32.1. The second-order valence-corrected chi connectivity index (χ2v) is 9.15. The number of carbonyl (C=O) groups is 2. The van der Waals surface area contributed by atoms with Crippen molar-refractivity contribution in [1.82, 2.24) is 0 Å². The number of aromatic carboxylic acids is 1. The van der Waals surface area contributed by atoms with Gasteiger partial charge in [0.05, 0.1) is 24.9 Å². The summed E-state index contributed by atoms with van der Waals surface area (Å²) in [6.07, 6.45) is 0.937. The Morgan fingerprint density at radius 2 is 2.11 bits per heavy atom. The molecule has 1 aliphatic rings. The molecule has 0 amide bonds. The maximum Gasteiger partial charge on any atom is 0.337 e. The molecule has 28 heavy (non-hydrogen) atoms. The number of hydrogen-bond donors (Lipinski definition) is 1. The van der Waals surface area contributed by atoms with Gasteiger partial charge in [0, 0.05) is 39.4 Å². The van der Waals surface area contributed by atoms with Crippen molar-refractivity contribution in [2.75, 3.05) is 7.11 Å². The Labute approximate surface area is 173 Å². The smallest absolute Gasteiger partial charge is 0.337 e. The number of rotatable bonds is 7. The first kappa shape index (κ1) is 20.6. The van der Waals surface area contributed by atoms with Crippen LogP contribution in [0.4, 0.5) is 0 Å². The Kier molecular flexibility index (Phi) is 5.98. The van der Waals surface area contributed by atoms with Crippen molar-refractivity contribution in [3.05, 3.63) is 50.7 Å². The van der Waals surface area contributed by atoms with Gasteiger partial charge in [-0.3, -0.25) is 4.79 Å². The van der Waals surface area contributed by atoms with E-state index in [2.05, 4.69) is 0 Å². The maximum atomic E-state index is 12.5. The monoisotopic (exact) mass is 418 g/mol. The highest BCUT2D eigenvalue weighted by Crippen LogP contribution is 2.38. The van der Waals surface area contributed by atoms with Crippen molar-refractivity contribution in [2.24, 2.45) is 0 Å². The molecule has 0 radical (unpaired) electrons. The predicted molar refractivity (Wildman–Crippen MR) is 112 cm³/mol. The van der Waals surface area contributed by atoms with Gasteiger partial charge in [0.2, 0.25) is 0 Å². The first-order chi connectivity index (χ1) is 13.2. The van der Waals surface area contributed by atoms with Gasteiger partial charge in [0.1, 0.15) is 5.75 Å². The number of hydrogen-bond acceptors (Lipinski definition) is 6. The topological polar surface area (TPSA) is 72.8 Å². The lowest BCUT2D eigenvalue weighted by molar-refractivity contribution is -0.0384. The zero-order valence-electron chi connectivity index (χ0n) is 16.0. The molecule has 2 aromatic rings. The van der Waals surface area contributed by atoms with E-state index in [1.54, 1.807) is 31.4 Å². The minimum absolute atomic E-state index is 0.0894. The van der Waals surface area contributed by atoms with Crippen molar-refractivity contribution in [3.63, 3.8) is 0 Å². The summed E-state index contributed by atoms with van der Waals surface area (Å²) in [7, 11) is 1.55. The van der Waals surface area contributed by atoms with E-state index < -0.39 is 11.6 Å². The number of carbonyl (C=O) groups excluding carboxylic acids is 1. The van der Waals surface area contributed by atoms with E-state index in [-0.39, 0.29) is 12.2 Å². The van der Waals surface area contributed by atoms with Gasteiger partial charge < -0.3 is 14.6 Å². The normalized spacial score (nSPS) is 15.0. The Bertz CT molecular complexity index is 942. The maximum absolute atomic E-state index is 12.5. The second-order valence-electron chi connectivity index (χ2n) is 7.38. The van der Waals surface area contributed by atoms with Crippen molar-refractivity contribution in [1.29, 1.82) is 0 Å². The largest absolute Gasteiger partial charge is 0.497 e. The average Bonchev–Trinajstić information content (AvgIpc) is 2.97. The van der Waals surface area contributed by atoms with Gasteiger partial charge in [0.25, 0.3) is 0 Å². The molecule has 148 valence electrons. The summed E-state index contributed by atoms with van der Waals surface area (Å²) in [5.41, 5.74) is 1.30. The van der Waals surface area contributed by atoms with E-state index in [4.69, 9.17) is 21.7 Å². The summed E-state index contributed by atoms with van der Waals surface area (Å²) in [5.74, 6) is -0.447. The molecule has 0 bridgehead atoms. The molecule has 7 heteroatoms.